The number of anilines is 1. The average molecular weight is 352 g/mol. The minimum absolute atomic E-state index is 0.344. The molecule has 6 heteroatoms. The van der Waals surface area contributed by atoms with E-state index in [2.05, 4.69) is 56.1 Å². The normalized spacial score (nSPS) is 24.8. The summed E-state index contributed by atoms with van der Waals surface area (Å²) in [5.41, 5.74) is 15.1. The lowest BCUT2D eigenvalue weighted by molar-refractivity contribution is 0.144. The first-order chi connectivity index (χ1) is 12.8. The topological polar surface area (TPSA) is 79.1 Å². The number of hydrazine groups is 1. The maximum Gasteiger partial charge on any atom is 0.219 e. The fourth-order valence-electron chi connectivity index (χ4n) is 4.35. The van der Waals surface area contributed by atoms with Gasteiger partial charge in [-0.25, -0.2) is 9.97 Å². The third-order valence-corrected chi connectivity index (χ3v) is 5.75. The predicted octanol–water partition coefficient (Wildman–Crippen LogP) is 1.61. The van der Waals surface area contributed by atoms with Crippen LogP contribution in [0.15, 0.2) is 42.7 Å². The van der Waals surface area contributed by atoms with E-state index in [4.69, 9.17) is 5.73 Å². The van der Waals surface area contributed by atoms with Crippen LogP contribution in [0.1, 0.15) is 24.0 Å². The zero-order valence-electron chi connectivity index (χ0n) is 15.1. The summed E-state index contributed by atoms with van der Waals surface area (Å²) in [5.74, 6) is 1.74. The number of hydrogen-bond donors (Lipinski definition) is 3. The number of nitrogen functional groups attached to an aromatic ring is 1. The maximum atomic E-state index is 5.57. The fourth-order valence-corrected chi connectivity index (χ4v) is 4.35. The molecule has 0 saturated carbocycles. The van der Waals surface area contributed by atoms with Crippen LogP contribution in [-0.2, 0) is 13.0 Å². The zero-order chi connectivity index (χ0) is 17.8. The van der Waals surface area contributed by atoms with Crippen LogP contribution >= 0.6 is 0 Å². The van der Waals surface area contributed by atoms with Crippen LogP contribution in [0.4, 0.5) is 5.95 Å². The summed E-state index contributed by atoms with van der Waals surface area (Å²) in [7, 11) is 0. The van der Waals surface area contributed by atoms with E-state index in [1.54, 1.807) is 0 Å². The van der Waals surface area contributed by atoms with E-state index in [-0.39, 0.29) is 0 Å². The molecule has 2 aromatic rings. The molecule has 2 aliphatic heterocycles. The van der Waals surface area contributed by atoms with Gasteiger partial charge in [0.2, 0.25) is 5.95 Å². The molecule has 0 radical (unpaired) electrons. The number of nitrogens with two attached hydrogens (primary N) is 1. The van der Waals surface area contributed by atoms with Crippen molar-refractivity contribution in [2.24, 2.45) is 11.8 Å². The molecule has 2 fully saturated rings. The largest absolute Gasteiger partial charge is 0.368 e. The van der Waals surface area contributed by atoms with Crippen molar-refractivity contribution in [2.45, 2.75) is 31.8 Å². The number of likely N-dealkylation sites (tertiary alicyclic amines) is 1. The Labute approximate surface area is 155 Å². The lowest BCUT2D eigenvalue weighted by atomic mass is 9.81. The highest BCUT2D eigenvalue weighted by molar-refractivity contribution is 5.17. The Balaban J connectivity index is 1.30. The molecular formula is C20H28N6. The van der Waals surface area contributed by atoms with Crippen molar-refractivity contribution < 1.29 is 0 Å². The van der Waals surface area contributed by atoms with Crippen molar-refractivity contribution >= 4 is 5.95 Å². The molecule has 1 aromatic carbocycles. The van der Waals surface area contributed by atoms with Gasteiger partial charge in [-0.15, -0.1) is 0 Å². The maximum absolute atomic E-state index is 5.57. The van der Waals surface area contributed by atoms with Crippen LogP contribution < -0.4 is 16.6 Å². The van der Waals surface area contributed by atoms with E-state index in [0.717, 1.165) is 44.1 Å². The second-order valence-electron chi connectivity index (χ2n) is 7.56. The van der Waals surface area contributed by atoms with Gasteiger partial charge in [0.05, 0.1) is 0 Å². The Morgan fingerprint density at radius 1 is 1.04 bits per heavy atom. The molecule has 2 unspecified atom stereocenters. The van der Waals surface area contributed by atoms with Crippen molar-refractivity contribution in [1.82, 2.24) is 25.7 Å². The standard InChI is InChI=1S/C20H28N6/c21-20-22-11-16(12-23-20)14-26-8-6-17(7-9-26)19-18(13-24-25-19)10-15-4-2-1-3-5-15/h1-5,11-12,17-19,24-25H,6-10,13-14H2,(H2,21,22,23). The van der Waals surface area contributed by atoms with Crippen molar-refractivity contribution in [3.63, 3.8) is 0 Å². The Hall–Kier alpha value is -2.02. The first kappa shape index (κ1) is 17.4. The van der Waals surface area contributed by atoms with E-state index in [9.17, 15) is 0 Å². The van der Waals surface area contributed by atoms with Gasteiger partial charge in [-0.3, -0.25) is 15.8 Å². The molecule has 1 aromatic heterocycles. The molecule has 26 heavy (non-hydrogen) atoms. The summed E-state index contributed by atoms with van der Waals surface area (Å²) in [6, 6.07) is 11.4. The molecule has 4 N–H and O–H groups in total. The Bertz CT molecular complexity index is 681. The second-order valence-corrected chi connectivity index (χ2v) is 7.56. The predicted molar refractivity (Wildman–Crippen MR) is 103 cm³/mol. The summed E-state index contributed by atoms with van der Waals surface area (Å²) >= 11 is 0. The van der Waals surface area contributed by atoms with Gasteiger partial charge in [-0.2, -0.15) is 0 Å². The van der Waals surface area contributed by atoms with Gasteiger partial charge in [0.25, 0.3) is 0 Å². The van der Waals surface area contributed by atoms with Gasteiger partial charge in [-0.1, -0.05) is 30.3 Å². The Kier molecular flexibility index (Phi) is 5.43. The quantitative estimate of drug-likeness (QED) is 0.759. The molecule has 6 nitrogen and oxygen atoms in total. The summed E-state index contributed by atoms with van der Waals surface area (Å²) in [6.45, 7) is 4.23. The van der Waals surface area contributed by atoms with Crippen LogP contribution in [0, 0.1) is 11.8 Å². The van der Waals surface area contributed by atoms with E-state index < -0.39 is 0 Å². The summed E-state index contributed by atoms with van der Waals surface area (Å²) in [6.07, 6.45) is 7.30. The molecule has 2 aliphatic rings. The number of nitrogens with zero attached hydrogens (tertiary/aromatic N) is 3. The third-order valence-electron chi connectivity index (χ3n) is 5.75. The molecule has 0 bridgehead atoms. The van der Waals surface area contributed by atoms with E-state index in [1.165, 1.54) is 18.4 Å². The summed E-state index contributed by atoms with van der Waals surface area (Å²) in [5, 5.41) is 0. The molecule has 3 heterocycles. The summed E-state index contributed by atoms with van der Waals surface area (Å²) < 4.78 is 0. The van der Waals surface area contributed by atoms with Gasteiger partial charge >= 0.3 is 0 Å². The van der Waals surface area contributed by atoms with Gasteiger partial charge in [0.15, 0.2) is 0 Å². The molecule has 138 valence electrons. The van der Waals surface area contributed by atoms with Gasteiger partial charge in [0.1, 0.15) is 0 Å². The molecule has 4 rings (SSSR count). The molecule has 0 amide bonds. The van der Waals surface area contributed by atoms with Crippen LogP contribution in [0.25, 0.3) is 0 Å². The highest BCUT2D eigenvalue weighted by atomic mass is 15.4. The van der Waals surface area contributed by atoms with Crippen LogP contribution in [0.3, 0.4) is 0 Å². The molecule has 2 atom stereocenters. The average Bonchev–Trinajstić information content (AvgIpc) is 3.13. The SMILES string of the molecule is Nc1ncc(CN2CCC(C3NNCC3Cc3ccccc3)CC2)cn1. The van der Waals surface area contributed by atoms with Crippen molar-refractivity contribution in [3.05, 3.63) is 53.9 Å². The number of piperidine rings is 1. The number of nitrogens with one attached hydrogen (secondary N) is 2. The smallest absolute Gasteiger partial charge is 0.219 e. The van der Waals surface area contributed by atoms with E-state index in [1.807, 2.05) is 12.4 Å². The Morgan fingerprint density at radius 2 is 1.77 bits per heavy atom. The second kappa shape index (κ2) is 8.12. The minimum Gasteiger partial charge on any atom is -0.368 e. The van der Waals surface area contributed by atoms with Crippen molar-refractivity contribution in [2.75, 3.05) is 25.4 Å². The third kappa shape index (κ3) is 4.20. The van der Waals surface area contributed by atoms with Crippen LogP contribution in [0.5, 0.6) is 0 Å². The lowest BCUT2D eigenvalue weighted by Crippen LogP contribution is -2.44. The van der Waals surface area contributed by atoms with E-state index in [0.29, 0.717) is 17.9 Å². The van der Waals surface area contributed by atoms with Crippen molar-refractivity contribution in [3.8, 4) is 0 Å². The molecule has 0 spiro atoms. The monoisotopic (exact) mass is 352 g/mol. The first-order valence-corrected chi connectivity index (χ1v) is 9.59. The number of aromatic nitrogens is 2. The summed E-state index contributed by atoms with van der Waals surface area (Å²) in [4.78, 5) is 10.7. The minimum atomic E-state index is 0.344. The molecule has 2 saturated heterocycles. The number of hydrogen-bond acceptors (Lipinski definition) is 6. The van der Waals surface area contributed by atoms with Gasteiger partial charge < -0.3 is 5.73 Å². The number of rotatable bonds is 5. The van der Waals surface area contributed by atoms with Crippen molar-refractivity contribution in [1.29, 1.82) is 0 Å². The molecule has 0 aliphatic carbocycles. The van der Waals surface area contributed by atoms with E-state index >= 15 is 0 Å². The zero-order valence-corrected chi connectivity index (χ0v) is 15.1. The lowest BCUT2D eigenvalue weighted by Gasteiger charge is -2.36. The molecular weight excluding hydrogens is 324 g/mol. The van der Waals surface area contributed by atoms with Gasteiger partial charge in [-0.05, 0) is 49.8 Å². The number of benzene rings is 1. The highest BCUT2D eigenvalue weighted by Gasteiger charge is 2.35. The Morgan fingerprint density at radius 3 is 2.50 bits per heavy atom. The van der Waals surface area contributed by atoms with Gasteiger partial charge in [0, 0.05) is 37.1 Å². The first-order valence-electron chi connectivity index (χ1n) is 9.59. The fraction of sp³-hybridized carbons (Fsp3) is 0.500. The van der Waals surface area contributed by atoms with Crippen LogP contribution in [0.2, 0.25) is 0 Å². The highest BCUT2D eigenvalue weighted by Crippen LogP contribution is 2.29. The van der Waals surface area contributed by atoms with Crippen LogP contribution in [-0.4, -0.2) is 40.5 Å².